The zero-order valence-corrected chi connectivity index (χ0v) is 12.1. The Kier molecular flexibility index (Phi) is 3.40. The molecule has 1 aromatic heterocycles. The summed E-state index contributed by atoms with van der Waals surface area (Å²) < 4.78 is 5.25. The lowest BCUT2D eigenvalue weighted by Crippen LogP contribution is -2.18. The van der Waals surface area contributed by atoms with E-state index in [0.717, 1.165) is 0 Å². The Labute approximate surface area is 125 Å². The SMILES string of the molecule is CN1C[C@@H](c2nc(-c3cc(Cl)cc(Cl)c3)no2)CC1=O. The third kappa shape index (κ3) is 2.51. The summed E-state index contributed by atoms with van der Waals surface area (Å²) in [7, 11) is 1.76. The van der Waals surface area contributed by atoms with Crippen LogP contribution in [-0.2, 0) is 4.79 Å². The van der Waals surface area contributed by atoms with Crippen LogP contribution in [0.3, 0.4) is 0 Å². The average Bonchev–Trinajstić information content (AvgIpc) is 2.96. The molecule has 0 N–H and O–H groups in total. The van der Waals surface area contributed by atoms with Crippen LogP contribution in [0.25, 0.3) is 11.4 Å². The van der Waals surface area contributed by atoms with Gasteiger partial charge in [-0.15, -0.1) is 0 Å². The molecule has 7 heteroatoms. The van der Waals surface area contributed by atoms with Crippen LogP contribution in [0.1, 0.15) is 18.2 Å². The summed E-state index contributed by atoms with van der Waals surface area (Å²) in [6.45, 7) is 0.594. The summed E-state index contributed by atoms with van der Waals surface area (Å²) >= 11 is 11.9. The van der Waals surface area contributed by atoms with Gasteiger partial charge in [0.1, 0.15) is 0 Å². The predicted octanol–water partition coefficient (Wildman–Crippen LogP) is 2.99. The number of amides is 1. The van der Waals surface area contributed by atoms with E-state index in [0.29, 0.717) is 40.3 Å². The van der Waals surface area contributed by atoms with Gasteiger partial charge in [-0.1, -0.05) is 28.4 Å². The number of carbonyl (C=O) groups excluding carboxylic acids is 1. The predicted molar refractivity (Wildman–Crippen MR) is 74.7 cm³/mol. The lowest BCUT2D eigenvalue weighted by atomic mass is 10.1. The van der Waals surface area contributed by atoms with Gasteiger partial charge in [-0.2, -0.15) is 4.98 Å². The van der Waals surface area contributed by atoms with Crippen LogP contribution in [0.5, 0.6) is 0 Å². The van der Waals surface area contributed by atoms with Gasteiger partial charge < -0.3 is 9.42 Å². The molecule has 0 unspecified atom stereocenters. The highest BCUT2D eigenvalue weighted by atomic mass is 35.5. The molecule has 0 radical (unpaired) electrons. The number of hydrogen-bond donors (Lipinski definition) is 0. The highest BCUT2D eigenvalue weighted by molar-refractivity contribution is 6.35. The third-order valence-corrected chi connectivity index (χ3v) is 3.69. The molecule has 2 heterocycles. The van der Waals surface area contributed by atoms with Crippen molar-refractivity contribution in [2.75, 3.05) is 13.6 Å². The molecule has 1 saturated heterocycles. The van der Waals surface area contributed by atoms with Gasteiger partial charge >= 0.3 is 0 Å². The maximum Gasteiger partial charge on any atom is 0.232 e. The first-order valence-corrected chi connectivity index (χ1v) is 6.82. The largest absolute Gasteiger partial charge is 0.345 e. The molecule has 1 aromatic carbocycles. The average molecular weight is 312 g/mol. The molecule has 1 atom stereocenters. The molecule has 1 fully saturated rings. The van der Waals surface area contributed by atoms with Gasteiger partial charge in [0.05, 0.1) is 5.92 Å². The van der Waals surface area contributed by atoms with E-state index in [9.17, 15) is 4.79 Å². The van der Waals surface area contributed by atoms with Crippen LogP contribution in [-0.4, -0.2) is 34.5 Å². The zero-order chi connectivity index (χ0) is 14.3. The molecule has 104 valence electrons. The number of nitrogens with zero attached hydrogens (tertiary/aromatic N) is 3. The first-order chi connectivity index (χ1) is 9.52. The standard InChI is InChI=1S/C13H11Cl2N3O2/c1-18-6-8(4-11(18)19)13-16-12(17-20-13)7-2-9(14)5-10(15)3-7/h2-3,5,8H,4,6H2,1H3/t8-/m0/s1. The van der Waals surface area contributed by atoms with Crippen LogP contribution in [0.15, 0.2) is 22.7 Å². The van der Waals surface area contributed by atoms with Crippen molar-refractivity contribution in [3.05, 3.63) is 34.1 Å². The Balaban J connectivity index is 1.89. The van der Waals surface area contributed by atoms with Crippen molar-refractivity contribution in [2.24, 2.45) is 0 Å². The van der Waals surface area contributed by atoms with Crippen LogP contribution in [0, 0.1) is 0 Å². The molecule has 0 spiro atoms. The van der Waals surface area contributed by atoms with Crippen molar-refractivity contribution in [2.45, 2.75) is 12.3 Å². The van der Waals surface area contributed by atoms with Crippen molar-refractivity contribution in [3.63, 3.8) is 0 Å². The summed E-state index contributed by atoms with van der Waals surface area (Å²) in [5.74, 6) is 0.921. The number of benzene rings is 1. The van der Waals surface area contributed by atoms with Gasteiger partial charge in [0, 0.05) is 35.6 Å². The first kappa shape index (κ1) is 13.4. The molecular formula is C13H11Cl2N3O2. The molecule has 0 bridgehead atoms. The number of aromatic nitrogens is 2. The summed E-state index contributed by atoms with van der Waals surface area (Å²) in [5.41, 5.74) is 0.690. The van der Waals surface area contributed by atoms with Crippen molar-refractivity contribution < 1.29 is 9.32 Å². The Morgan fingerprint density at radius 1 is 1.30 bits per heavy atom. The lowest BCUT2D eigenvalue weighted by molar-refractivity contribution is -0.126. The first-order valence-electron chi connectivity index (χ1n) is 6.07. The fraction of sp³-hybridized carbons (Fsp3) is 0.308. The molecule has 0 aliphatic carbocycles. The molecule has 2 aromatic rings. The number of likely N-dealkylation sites (tertiary alicyclic amines) is 1. The highest BCUT2D eigenvalue weighted by Crippen LogP contribution is 2.29. The van der Waals surface area contributed by atoms with E-state index >= 15 is 0 Å². The second-order valence-electron chi connectivity index (χ2n) is 4.79. The molecule has 20 heavy (non-hydrogen) atoms. The minimum absolute atomic E-state index is 0.0524. The van der Waals surface area contributed by atoms with Crippen LogP contribution < -0.4 is 0 Å². The fourth-order valence-corrected chi connectivity index (χ4v) is 2.76. The number of likely N-dealkylation sites (N-methyl/N-ethyl adjacent to an activating group) is 1. The van der Waals surface area contributed by atoms with Crippen molar-refractivity contribution in [1.29, 1.82) is 0 Å². The van der Waals surface area contributed by atoms with Gasteiger partial charge in [0.25, 0.3) is 0 Å². The number of carbonyl (C=O) groups is 1. The minimum Gasteiger partial charge on any atom is -0.345 e. The topological polar surface area (TPSA) is 59.2 Å². The maximum absolute atomic E-state index is 11.5. The maximum atomic E-state index is 11.5. The van der Waals surface area contributed by atoms with Gasteiger partial charge in [-0.25, -0.2) is 0 Å². The number of rotatable bonds is 2. The Bertz CT molecular complexity index is 651. The van der Waals surface area contributed by atoms with E-state index in [4.69, 9.17) is 27.7 Å². The summed E-state index contributed by atoms with van der Waals surface area (Å²) in [6, 6.07) is 5.07. The second kappa shape index (κ2) is 5.07. The Morgan fingerprint density at radius 2 is 2.00 bits per heavy atom. The fourth-order valence-electron chi connectivity index (χ4n) is 2.23. The smallest absolute Gasteiger partial charge is 0.232 e. The monoisotopic (exact) mass is 311 g/mol. The van der Waals surface area contributed by atoms with Gasteiger partial charge in [-0.05, 0) is 18.2 Å². The normalized spacial score (nSPS) is 18.9. The molecule has 0 saturated carbocycles. The van der Waals surface area contributed by atoms with E-state index in [1.54, 1.807) is 30.1 Å². The van der Waals surface area contributed by atoms with E-state index in [2.05, 4.69) is 10.1 Å². The molecule has 3 rings (SSSR count). The Hall–Kier alpha value is -1.59. The van der Waals surface area contributed by atoms with E-state index in [1.807, 2.05) is 0 Å². The lowest BCUT2D eigenvalue weighted by Gasteiger charge is -2.05. The molecule has 1 aliphatic rings. The van der Waals surface area contributed by atoms with Gasteiger partial charge in [-0.3, -0.25) is 4.79 Å². The second-order valence-corrected chi connectivity index (χ2v) is 5.66. The number of halogens is 2. The Morgan fingerprint density at radius 3 is 2.60 bits per heavy atom. The summed E-state index contributed by atoms with van der Waals surface area (Å²) in [4.78, 5) is 17.5. The number of hydrogen-bond acceptors (Lipinski definition) is 4. The molecule has 1 aliphatic heterocycles. The van der Waals surface area contributed by atoms with Crippen LogP contribution in [0.2, 0.25) is 10.0 Å². The van der Waals surface area contributed by atoms with Gasteiger partial charge in [0.2, 0.25) is 17.6 Å². The highest BCUT2D eigenvalue weighted by Gasteiger charge is 2.32. The van der Waals surface area contributed by atoms with Crippen molar-refractivity contribution in [3.8, 4) is 11.4 Å². The van der Waals surface area contributed by atoms with Crippen molar-refractivity contribution in [1.82, 2.24) is 15.0 Å². The van der Waals surface area contributed by atoms with Gasteiger partial charge in [0.15, 0.2) is 0 Å². The van der Waals surface area contributed by atoms with E-state index in [1.165, 1.54) is 0 Å². The van der Waals surface area contributed by atoms with Crippen LogP contribution in [0.4, 0.5) is 0 Å². The van der Waals surface area contributed by atoms with Crippen molar-refractivity contribution >= 4 is 29.1 Å². The third-order valence-electron chi connectivity index (χ3n) is 3.25. The molecule has 5 nitrogen and oxygen atoms in total. The summed E-state index contributed by atoms with van der Waals surface area (Å²) in [6.07, 6.45) is 0.397. The minimum atomic E-state index is -0.0524. The quantitative estimate of drug-likeness (QED) is 0.855. The van der Waals surface area contributed by atoms with Crippen LogP contribution >= 0.6 is 23.2 Å². The molecular weight excluding hydrogens is 301 g/mol. The van der Waals surface area contributed by atoms with E-state index < -0.39 is 0 Å². The van der Waals surface area contributed by atoms with E-state index in [-0.39, 0.29) is 11.8 Å². The molecule has 1 amide bonds. The zero-order valence-electron chi connectivity index (χ0n) is 10.6. The summed E-state index contributed by atoms with van der Waals surface area (Å²) in [5, 5.41) is 4.95.